The first kappa shape index (κ1) is 10.7. The second-order valence-corrected chi connectivity index (χ2v) is 3.32. The summed E-state index contributed by atoms with van der Waals surface area (Å²) in [6.45, 7) is 1.89. The maximum atomic E-state index is 11.4. The van der Waals surface area contributed by atoms with Crippen LogP contribution in [0.5, 0.6) is 5.75 Å². The van der Waals surface area contributed by atoms with E-state index in [0.717, 1.165) is 5.56 Å². The molecule has 0 aliphatic rings. The number of benzene rings is 1. The highest BCUT2D eigenvalue weighted by Crippen LogP contribution is 2.10. The SMILES string of the molecule is CCC(N)C(=O)Cc1ccc(O)cc1. The third-order valence-corrected chi connectivity index (χ3v) is 2.17. The molecule has 0 aliphatic carbocycles. The van der Waals surface area contributed by atoms with Crippen LogP contribution in [0.25, 0.3) is 0 Å². The van der Waals surface area contributed by atoms with Gasteiger partial charge in [-0.05, 0) is 24.1 Å². The van der Waals surface area contributed by atoms with Gasteiger partial charge in [0.25, 0.3) is 0 Å². The van der Waals surface area contributed by atoms with Gasteiger partial charge < -0.3 is 10.8 Å². The van der Waals surface area contributed by atoms with Crippen molar-refractivity contribution in [2.24, 2.45) is 5.73 Å². The molecule has 1 aromatic carbocycles. The molecule has 0 bridgehead atoms. The van der Waals surface area contributed by atoms with Crippen molar-refractivity contribution in [1.82, 2.24) is 0 Å². The number of rotatable bonds is 4. The molecular formula is C11H15NO2. The predicted molar refractivity (Wildman–Crippen MR) is 55.1 cm³/mol. The summed E-state index contributed by atoms with van der Waals surface area (Å²) in [4.78, 5) is 11.4. The third kappa shape index (κ3) is 2.85. The van der Waals surface area contributed by atoms with Crippen LogP contribution < -0.4 is 5.73 Å². The predicted octanol–water partition coefficient (Wildman–Crippen LogP) is 1.24. The number of ketones is 1. The lowest BCUT2D eigenvalue weighted by Gasteiger charge is -2.07. The van der Waals surface area contributed by atoms with E-state index in [1.165, 1.54) is 0 Å². The highest BCUT2D eigenvalue weighted by atomic mass is 16.3. The van der Waals surface area contributed by atoms with Gasteiger partial charge in [-0.25, -0.2) is 0 Å². The molecule has 3 nitrogen and oxygen atoms in total. The molecule has 0 saturated carbocycles. The molecule has 1 rings (SSSR count). The molecule has 0 fully saturated rings. The Morgan fingerprint density at radius 2 is 2.00 bits per heavy atom. The van der Waals surface area contributed by atoms with Gasteiger partial charge in [0.05, 0.1) is 6.04 Å². The minimum Gasteiger partial charge on any atom is -0.508 e. The Morgan fingerprint density at radius 3 is 2.50 bits per heavy atom. The third-order valence-electron chi connectivity index (χ3n) is 2.17. The van der Waals surface area contributed by atoms with E-state index in [4.69, 9.17) is 10.8 Å². The second-order valence-electron chi connectivity index (χ2n) is 3.32. The number of Topliss-reactive ketones (excluding diaryl/α,β-unsaturated/α-hetero) is 1. The summed E-state index contributed by atoms with van der Waals surface area (Å²) in [5.41, 5.74) is 6.48. The van der Waals surface area contributed by atoms with Gasteiger partial charge in [0.1, 0.15) is 5.75 Å². The highest BCUT2D eigenvalue weighted by Gasteiger charge is 2.11. The van der Waals surface area contributed by atoms with Crippen molar-refractivity contribution in [3.63, 3.8) is 0 Å². The largest absolute Gasteiger partial charge is 0.508 e. The van der Waals surface area contributed by atoms with Crippen LogP contribution in [0.15, 0.2) is 24.3 Å². The van der Waals surface area contributed by atoms with Crippen molar-refractivity contribution in [3.05, 3.63) is 29.8 Å². The van der Waals surface area contributed by atoms with Crippen LogP contribution in [0, 0.1) is 0 Å². The molecule has 76 valence electrons. The molecule has 0 aromatic heterocycles. The summed E-state index contributed by atoms with van der Waals surface area (Å²) >= 11 is 0. The quantitative estimate of drug-likeness (QED) is 0.756. The normalized spacial score (nSPS) is 12.4. The van der Waals surface area contributed by atoms with Gasteiger partial charge in [-0.15, -0.1) is 0 Å². The number of hydrogen-bond acceptors (Lipinski definition) is 3. The van der Waals surface area contributed by atoms with Crippen LogP contribution in [0.4, 0.5) is 0 Å². The molecule has 0 spiro atoms. The van der Waals surface area contributed by atoms with Gasteiger partial charge in [0, 0.05) is 6.42 Å². The Morgan fingerprint density at radius 1 is 1.43 bits per heavy atom. The number of carbonyl (C=O) groups is 1. The second kappa shape index (κ2) is 4.77. The first-order valence-corrected chi connectivity index (χ1v) is 4.69. The van der Waals surface area contributed by atoms with E-state index in [0.29, 0.717) is 12.8 Å². The maximum Gasteiger partial charge on any atom is 0.153 e. The smallest absolute Gasteiger partial charge is 0.153 e. The molecule has 14 heavy (non-hydrogen) atoms. The van der Waals surface area contributed by atoms with Gasteiger partial charge >= 0.3 is 0 Å². The summed E-state index contributed by atoms with van der Waals surface area (Å²) in [5.74, 6) is 0.249. The van der Waals surface area contributed by atoms with E-state index in [1.807, 2.05) is 6.92 Å². The van der Waals surface area contributed by atoms with Gasteiger partial charge in [-0.3, -0.25) is 4.79 Å². The average molecular weight is 193 g/mol. The lowest BCUT2D eigenvalue weighted by Crippen LogP contribution is -2.30. The van der Waals surface area contributed by atoms with E-state index in [2.05, 4.69) is 0 Å². The number of carbonyl (C=O) groups excluding carboxylic acids is 1. The van der Waals surface area contributed by atoms with Crippen molar-refractivity contribution in [1.29, 1.82) is 0 Å². The van der Waals surface area contributed by atoms with E-state index in [9.17, 15) is 4.79 Å². The molecule has 1 unspecified atom stereocenters. The monoisotopic (exact) mass is 193 g/mol. The Hall–Kier alpha value is -1.35. The Labute approximate surface area is 83.6 Å². The average Bonchev–Trinajstić information content (AvgIpc) is 2.20. The Kier molecular flexibility index (Phi) is 3.65. The van der Waals surface area contributed by atoms with Crippen LogP contribution in [-0.2, 0) is 11.2 Å². The Bertz CT molecular complexity index is 306. The van der Waals surface area contributed by atoms with Crippen molar-refractivity contribution < 1.29 is 9.90 Å². The first-order chi connectivity index (χ1) is 6.63. The molecule has 0 saturated heterocycles. The summed E-state index contributed by atoms with van der Waals surface area (Å²) < 4.78 is 0. The maximum absolute atomic E-state index is 11.4. The van der Waals surface area contributed by atoms with E-state index in [-0.39, 0.29) is 17.6 Å². The van der Waals surface area contributed by atoms with Crippen LogP contribution >= 0.6 is 0 Å². The van der Waals surface area contributed by atoms with Crippen LogP contribution in [-0.4, -0.2) is 16.9 Å². The van der Waals surface area contributed by atoms with E-state index >= 15 is 0 Å². The minimum absolute atomic E-state index is 0.0400. The molecule has 0 amide bonds. The van der Waals surface area contributed by atoms with Crippen molar-refractivity contribution in [2.45, 2.75) is 25.8 Å². The Balaban J connectivity index is 2.60. The number of phenolic OH excluding ortho intramolecular Hbond substituents is 1. The van der Waals surface area contributed by atoms with Gasteiger partial charge in [0.15, 0.2) is 5.78 Å². The van der Waals surface area contributed by atoms with Crippen molar-refractivity contribution in [2.75, 3.05) is 0 Å². The summed E-state index contributed by atoms with van der Waals surface area (Å²) in [7, 11) is 0. The lowest BCUT2D eigenvalue weighted by molar-refractivity contribution is -0.119. The zero-order valence-corrected chi connectivity index (χ0v) is 8.23. The molecule has 3 heteroatoms. The fraction of sp³-hybridized carbons (Fsp3) is 0.364. The molecule has 0 radical (unpaired) electrons. The first-order valence-electron chi connectivity index (χ1n) is 4.69. The minimum atomic E-state index is -0.371. The zero-order valence-electron chi connectivity index (χ0n) is 8.23. The summed E-state index contributed by atoms with van der Waals surface area (Å²) in [6.07, 6.45) is 1.01. The topological polar surface area (TPSA) is 63.3 Å². The number of hydrogen-bond donors (Lipinski definition) is 2. The fourth-order valence-corrected chi connectivity index (χ4v) is 1.17. The highest BCUT2D eigenvalue weighted by molar-refractivity contribution is 5.85. The van der Waals surface area contributed by atoms with Crippen molar-refractivity contribution >= 4 is 5.78 Å². The van der Waals surface area contributed by atoms with Crippen LogP contribution in [0.2, 0.25) is 0 Å². The summed E-state index contributed by atoms with van der Waals surface area (Å²) in [5, 5.41) is 9.04. The molecular weight excluding hydrogens is 178 g/mol. The number of aromatic hydroxyl groups is 1. The van der Waals surface area contributed by atoms with Gasteiger partial charge in [0.2, 0.25) is 0 Å². The summed E-state index contributed by atoms with van der Waals surface area (Å²) in [6, 6.07) is 6.23. The zero-order chi connectivity index (χ0) is 10.6. The van der Waals surface area contributed by atoms with E-state index in [1.54, 1.807) is 24.3 Å². The standard InChI is InChI=1S/C11H15NO2/c1-2-10(12)11(14)7-8-3-5-9(13)6-4-8/h3-6,10,13H,2,7,12H2,1H3. The number of phenols is 1. The van der Waals surface area contributed by atoms with E-state index < -0.39 is 0 Å². The molecule has 1 atom stereocenters. The van der Waals surface area contributed by atoms with Gasteiger partial charge in [-0.1, -0.05) is 19.1 Å². The number of nitrogens with two attached hydrogens (primary N) is 1. The fourth-order valence-electron chi connectivity index (χ4n) is 1.17. The molecule has 0 heterocycles. The lowest BCUT2D eigenvalue weighted by atomic mass is 10.0. The van der Waals surface area contributed by atoms with Gasteiger partial charge in [-0.2, -0.15) is 0 Å². The molecule has 0 aliphatic heterocycles. The van der Waals surface area contributed by atoms with Crippen LogP contribution in [0.1, 0.15) is 18.9 Å². The van der Waals surface area contributed by atoms with Crippen molar-refractivity contribution in [3.8, 4) is 5.75 Å². The molecule has 3 N–H and O–H groups in total. The van der Waals surface area contributed by atoms with Crippen LogP contribution in [0.3, 0.4) is 0 Å². The molecule has 1 aromatic rings.